The van der Waals surface area contributed by atoms with Gasteiger partial charge in [0.25, 0.3) is 0 Å². The molecule has 0 fully saturated rings. The summed E-state index contributed by atoms with van der Waals surface area (Å²) in [5.74, 6) is 1.01. The van der Waals surface area contributed by atoms with Gasteiger partial charge in [-0.3, -0.25) is 4.68 Å². The SMILES string of the molecule is CCCn1cc(C(CSc2ccc(C)cc2)NC)cn1. The Kier molecular flexibility index (Phi) is 5.68. The average Bonchev–Trinajstić information content (AvgIpc) is 2.91. The second-order valence-electron chi connectivity index (χ2n) is 5.00. The number of hydrogen-bond acceptors (Lipinski definition) is 3. The van der Waals surface area contributed by atoms with Gasteiger partial charge in [0.2, 0.25) is 0 Å². The smallest absolute Gasteiger partial charge is 0.0537 e. The lowest BCUT2D eigenvalue weighted by Gasteiger charge is -2.14. The molecule has 3 nitrogen and oxygen atoms in total. The monoisotopic (exact) mass is 289 g/mol. The number of rotatable bonds is 7. The van der Waals surface area contributed by atoms with E-state index in [-0.39, 0.29) is 0 Å². The summed E-state index contributed by atoms with van der Waals surface area (Å²) < 4.78 is 2.02. The van der Waals surface area contributed by atoms with E-state index in [0.717, 1.165) is 18.7 Å². The van der Waals surface area contributed by atoms with Crippen molar-refractivity contribution in [3.8, 4) is 0 Å². The fourth-order valence-electron chi connectivity index (χ4n) is 2.07. The molecule has 1 atom stereocenters. The van der Waals surface area contributed by atoms with Crippen LogP contribution in [-0.4, -0.2) is 22.6 Å². The minimum absolute atomic E-state index is 0.340. The van der Waals surface area contributed by atoms with Crippen LogP contribution in [0.4, 0.5) is 0 Å². The first-order valence-electron chi connectivity index (χ1n) is 7.12. The van der Waals surface area contributed by atoms with E-state index in [0.29, 0.717) is 6.04 Å². The minimum atomic E-state index is 0.340. The van der Waals surface area contributed by atoms with E-state index in [1.54, 1.807) is 0 Å². The van der Waals surface area contributed by atoms with Crippen molar-refractivity contribution in [1.29, 1.82) is 0 Å². The fraction of sp³-hybridized carbons (Fsp3) is 0.438. The highest BCUT2D eigenvalue weighted by Gasteiger charge is 2.12. The van der Waals surface area contributed by atoms with Gasteiger partial charge in [-0.1, -0.05) is 24.6 Å². The van der Waals surface area contributed by atoms with Gasteiger partial charge in [0.15, 0.2) is 0 Å². The second-order valence-corrected chi connectivity index (χ2v) is 6.10. The molecule has 0 saturated heterocycles. The highest BCUT2D eigenvalue weighted by Crippen LogP contribution is 2.24. The number of nitrogens with zero attached hydrogens (tertiary/aromatic N) is 2. The Hall–Kier alpha value is -1.26. The maximum atomic E-state index is 4.41. The molecule has 0 saturated carbocycles. The first kappa shape index (κ1) is 15.1. The zero-order chi connectivity index (χ0) is 14.4. The van der Waals surface area contributed by atoms with Gasteiger partial charge >= 0.3 is 0 Å². The summed E-state index contributed by atoms with van der Waals surface area (Å²) in [6.07, 6.45) is 5.25. The molecule has 0 amide bonds. The Morgan fingerprint density at radius 2 is 2.05 bits per heavy atom. The lowest BCUT2D eigenvalue weighted by molar-refractivity contribution is 0.599. The average molecular weight is 289 g/mol. The van der Waals surface area contributed by atoms with Gasteiger partial charge in [0.05, 0.1) is 6.20 Å². The predicted octanol–water partition coefficient (Wildman–Crippen LogP) is 3.65. The van der Waals surface area contributed by atoms with Crippen LogP contribution in [0, 0.1) is 6.92 Å². The lowest BCUT2D eigenvalue weighted by atomic mass is 10.2. The molecular weight excluding hydrogens is 266 g/mol. The van der Waals surface area contributed by atoms with E-state index in [1.807, 2.05) is 29.7 Å². The molecule has 1 heterocycles. The van der Waals surface area contributed by atoms with Crippen molar-refractivity contribution in [3.63, 3.8) is 0 Å². The third kappa shape index (κ3) is 4.12. The Labute approximate surface area is 125 Å². The first-order chi connectivity index (χ1) is 9.72. The normalized spacial score (nSPS) is 12.6. The minimum Gasteiger partial charge on any atom is -0.312 e. The van der Waals surface area contributed by atoms with Crippen LogP contribution in [0.2, 0.25) is 0 Å². The number of aryl methyl sites for hydroxylation is 2. The molecule has 1 aromatic heterocycles. The molecule has 0 aliphatic carbocycles. The third-order valence-electron chi connectivity index (χ3n) is 3.29. The number of benzene rings is 1. The van der Waals surface area contributed by atoms with Crippen molar-refractivity contribution in [2.75, 3.05) is 12.8 Å². The summed E-state index contributed by atoms with van der Waals surface area (Å²) in [5.41, 5.74) is 2.57. The van der Waals surface area contributed by atoms with Crippen LogP contribution in [-0.2, 0) is 6.54 Å². The largest absolute Gasteiger partial charge is 0.312 e. The Balaban J connectivity index is 1.95. The molecule has 1 aromatic carbocycles. The van der Waals surface area contributed by atoms with Crippen LogP contribution >= 0.6 is 11.8 Å². The molecule has 1 unspecified atom stereocenters. The summed E-state index contributed by atoms with van der Waals surface area (Å²) in [6.45, 7) is 5.28. The fourth-order valence-corrected chi connectivity index (χ4v) is 3.12. The Bertz CT molecular complexity index is 519. The molecule has 4 heteroatoms. The quantitative estimate of drug-likeness (QED) is 0.789. The molecule has 1 N–H and O–H groups in total. The summed E-state index contributed by atoms with van der Waals surface area (Å²) in [6, 6.07) is 9.04. The van der Waals surface area contributed by atoms with Crippen molar-refractivity contribution < 1.29 is 0 Å². The van der Waals surface area contributed by atoms with Crippen LogP contribution in [0.3, 0.4) is 0 Å². The van der Waals surface area contributed by atoms with Crippen LogP contribution in [0.5, 0.6) is 0 Å². The van der Waals surface area contributed by atoms with Crippen LogP contribution in [0.15, 0.2) is 41.6 Å². The van der Waals surface area contributed by atoms with Crippen molar-refractivity contribution >= 4 is 11.8 Å². The molecule has 2 aromatic rings. The third-order valence-corrected chi connectivity index (χ3v) is 4.40. The van der Waals surface area contributed by atoms with Crippen LogP contribution in [0.25, 0.3) is 0 Å². The highest BCUT2D eigenvalue weighted by atomic mass is 32.2. The molecule has 0 bridgehead atoms. The van der Waals surface area contributed by atoms with Gasteiger partial charge < -0.3 is 5.32 Å². The molecule has 108 valence electrons. The van der Waals surface area contributed by atoms with Crippen molar-refractivity contribution in [1.82, 2.24) is 15.1 Å². The topological polar surface area (TPSA) is 29.9 Å². The number of aromatic nitrogens is 2. The molecule has 0 radical (unpaired) electrons. The lowest BCUT2D eigenvalue weighted by Crippen LogP contribution is -2.18. The molecule has 0 aliphatic heterocycles. The predicted molar refractivity (Wildman–Crippen MR) is 86.2 cm³/mol. The van der Waals surface area contributed by atoms with Gasteiger partial charge in [-0.25, -0.2) is 0 Å². The van der Waals surface area contributed by atoms with Gasteiger partial charge in [-0.05, 0) is 32.5 Å². The Morgan fingerprint density at radius 1 is 1.30 bits per heavy atom. The highest BCUT2D eigenvalue weighted by molar-refractivity contribution is 7.99. The van der Waals surface area contributed by atoms with Crippen LogP contribution < -0.4 is 5.32 Å². The van der Waals surface area contributed by atoms with Gasteiger partial charge in [0, 0.05) is 35.0 Å². The molecule has 20 heavy (non-hydrogen) atoms. The maximum Gasteiger partial charge on any atom is 0.0537 e. The van der Waals surface area contributed by atoms with E-state index in [4.69, 9.17) is 0 Å². The number of hydrogen-bond donors (Lipinski definition) is 1. The van der Waals surface area contributed by atoms with E-state index in [1.165, 1.54) is 16.0 Å². The maximum absolute atomic E-state index is 4.41. The van der Waals surface area contributed by atoms with Gasteiger partial charge in [0.1, 0.15) is 0 Å². The van der Waals surface area contributed by atoms with E-state index in [2.05, 4.69) is 54.7 Å². The van der Waals surface area contributed by atoms with E-state index in [9.17, 15) is 0 Å². The van der Waals surface area contributed by atoms with E-state index < -0.39 is 0 Å². The van der Waals surface area contributed by atoms with Crippen molar-refractivity contribution in [3.05, 3.63) is 47.8 Å². The summed E-state index contributed by atoms with van der Waals surface area (Å²) in [4.78, 5) is 1.32. The van der Waals surface area contributed by atoms with Crippen molar-refractivity contribution in [2.45, 2.75) is 37.8 Å². The first-order valence-corrected chi connectivity index (χ1v) is 8.10. The van der Waals surface area contributed by atoms with E-state index >= 15 is 0 Å². The van der Waals surface area contributed by atoms with Crippen molar-refractivity contribution in [2.24, 2.45) is 0 Å². The number of nitrogens with one attached hydrogen (secondary N) is 1. The van der Waals surface area contributed by atoms with Crippen LogP contribution in [0.1, 0.15) is 30.5 Å². The summed E-state index contributed by atoms with van der Waals surface area (Å²) in [7, 11) is 2.01. The standard InChI is InChI=1S/C16H23N3S/c1-4-9-19-11-14(10-18-19)16(17-3)12-20-15-7-5-13(2)6-8-15/h5-8,10-11,16-17H,4,9,12H2,1-3H3. The molecule has 0 spiro atoms. The Morgan fingerprint density at radius 3 is 2.70 bits per heavy atom. The summed E-state index contributed by atoms with van der Waals surface area (Å²) in [5, 5.41) is 7.79. The zero-order valence-electron chi connectivity index (χ0n) is 12.5. The summed E-state index contributed by atoms with van der Waals surface area (Å²) >= 11 is 1.88. The zero-order valence-corrected chi connectivity index (χ0v) is 13.3. The van der Waals surface area contributed by atoms with Gasteiger partial charge in [-0.15, -0.1) is 11.8 Å². The molecule has 0 aliphatic rings. The molecular formula is C16H23N3S. The second kappa shape index (κ2) is 7.50. The molecule has 2 rings (SSSR count). The number of thioether (sulfide) groups is 1. The van der Waals surface area contributed by atoms with Gasteiger partial charge in [-0.2, -0.15) is 5.10 Å².